The highest BCUT2D eigenvalue weighted by molar-refractivity contribution is 7.80. The summed E-state index contributed by atoms with van der Waals surface area (Å²) in [6, 6.07) is 11.0. The molecule has 0 aliphatic heterocycles. The maximum absolute atomic E-state index is 13.2. The van der Waals surface area contributed by atoms with Crippen molar-refractivity contribution in [3.63, 3.8) is 0 Å². The molecule has 2 aromatic carbocycles. The Hall–Kier alpha value is -2.27. The molecule has 20 heavy (non-hydrogen) atoms. The number of rotatable bonds is 3. The van der Waals surface area contributed by atoms with Crippen LogP contribution in [-0.2, 0) is 0 Å². The quantitative estimate of drug-likeness (QED) is 0.854. The second-order valence-corrected chi connectivity index (χ2v) is 4.85. The molecule has 0 saturated heterocycles. The minimum Gasteiger partial charge on any atom is -0.389 e. The molecule has 0 atom stereocenters. The molecular formula is C15H13FN2OS. The number of benzene rings is 2. The Morgan fingerprint density at radius 1 is 1.15 bits per heavy atom. The summed E-state index contributed by atoms with van der Waals surface area (Å²) in [5.41, 5.74) is 7.79. The highest BCUT2D eigenvalue weighted by Crippen LogP contribution is 2.15. The number of nitrogens with one attached hydrogen (secondary N) is 1. The molecule has 0 radical (unpaired) electrons. The number of amides is 1. The number of anilines is 1. The van der Waals surface area contributed by atoms with Gasteiger partial charge in [-0.05, 0) is 42.8 Å². The van der Waals surface area contributed by atoms with Crippen molar-refractivity contribution in [3.05, 3.63) is 65.0 Å². The van der Waals surface area contributed by atoms with Crippen molar-refractivity contribution in [2.24, 2.45) is 5.73 Å². The third kappa shape index (κ3) is 3.39. The number of nitrogens with two attached hydrogens (primary N) is 1. The normalized spacial score (nSPS) is 10.1. The van der Waals surface area contributed by atoms with Crippen LogP contribution in [0.1, 0.15) is 21.5 Å². The number of carbonyl (C=O) groups excluding carboxylic acids is 1. The zero-order valence-corrected chi connectivity index (χ0v) is 11.6. The third-order valence-corrected chi connectivity index (χ3v) is 2.97. The second kappa shape index (κ2) is 5.79. The standard InChI is InChI=1S/C15H13FN2OS/c1-9-6-12(16)8-13(7-9)18-15(19)11-4-2-10(3-5-11)14(17)20/h2-8H,1H3,(H2,17,20)(H,18,19). The van der Waals surface area contributed by atoms with Crippen molar-refractivity contribution < 1.29 is 9.18 Å². The van der Waals surface area contributed by atoms with Crippen LogP contribution in [0.3, 0.4) is 0 Å². The minimum atomic E-state index is -0.385. The van der Waals surface area contributed by atoms with Crippen LogP contribution in [0.2, 0.25) is 0 Å². The average molecular weight is 288 g/mol. The Morgan fingerprint density at radius 3 is 2.30 bits per heavy atom. The minimum absolute atomic E-state index is 0.276. The lowest BCUT2D eigenvalue weighted by Crippen LogP contribution is -2.13. The Morgan fingerprint density at radius 2 is 1.75 bits per heavy atom. The van der Waals surface area contributed by atoms with Crippen LogP contribution in [0.25, 0.3) is 0 Å². The van der Waals surface area contributed by atoms with E-state index in [-0.39, 0.29) is 16.7 Å². The van der Waals surface area contributed by atoms with Crippen LogP contribution >= 0.6 is 12.2 Å². The van der Waals surface area contributed by atoms with Gasteiger partial charge in [-0.2, -0.15) is 0 Å². The second-order valence-electron chi connectivity index (χ2n) is 4.41. The Balaban J connectivity index is 2.17. The Labute approximate surface area is 121 Å². The molecule has 0 spiro atoms. The number of halogens is 1. The van der Waals surface area contributed by atoms with E-state index in [0.29, 0.717) is 16.8 Å². The summed E-state index contributed by atoms with van der Waals surface area (Å²) in [6.45, 7) is 1.76. The van der Waals surface area contributed by atoms with E-state index in [1.807, 2.05) is 0 Å². The number of aryl methyl sites for hydroxylation is 1. The molecule has 2 aromatic rings. The summed E-state index contributed by atoms with van der Waals surface area (Å²) in [6.07, 6.45) is 0. The Kier molecular flexibility index (Phi) is 4.10. The number of carbonyl (C=O) groups is 1. The van der Waals surface area contributed by atoms with Gasteiger partial charge in [0.05, 0.1) is 0 Å². The molecule has 5 heteroatoms. The van der Waals surface area contributed by atoms with E-state index in [4.69, 9.17) is 18.0 Å². The molecule has 3 nitrogen and oxygen atoms in total. The molecule has 0 bridgehead atoms. The lowest BCUT2D eigenvalue weighted by atomic mass is 10.1. The van der Waals surface area contributed by atoms with Crippen LogP contribution in [0, 0.1) is 12.7 Å². The van der Waals surface area contributed by atoms with E-state index in [2.05, 4.69) is 5.32 Å². The van der Waals surface area contributed by atoms with Gasteiger partial charge in [-0.15, -0.1) is 0 Å². The fraction of sp³-hybridized carbons (Fsp3) is 0.0667. The highest BCUT2D eigenvalue weighted by atomic mass is 32.1. The molecule has 0 fully saturated rings. The van der Waals surface area contributed by atoms with Gasteiger partial charge in [-0.1, -0.05) is 24.4 Å². The maximum atomic E-state index is 13.2. The van der Waals surface area contributed by atoms with Gasteiger partial charge in [0.2, 0.25) is 0 Å². The molecule has 0 heterocycles. The van der Waals surface area contributed by atoms with Gasteiger partial charge in [0.15, 0.2) is 0 Å². The molecule has 102 valence electrons. The molecule has 0 aliphatic rings. The predicted octanol–water partition coefficient (Wildman–Crippen LogP) is 3.02. The summed E-state index contributed by atoms with van der Waals surface area (Å²) in [4.78, 5) is 12.3. The van der Waals surface area contributed by atoms with Crippen LogP contribution in [0.5, 0.6) is 0 Å². The summed E-state index contributed by atoms with van der Waals surface area (Å²) in [7, 11) is 0. The van der Waals surface area contributed by atoms with E-state index in [0.717, 1.165) is 5.56 Å². The summed E-state index contributed by atoms with van der Waals surface area (Å²) in [5.74, 6) is -0.700. The van der Waals surface area contributed by atoms with Gasteiger partial charge in [0.1, 0.15) is 10.8 Å². The molecule has 0 saturated carbocycles. The van der Waals surface area contributed by atoms with Crippen molar-refractivity contribution in [1.82, 2.24) is 0 Å². The SMILES string of the molecule is Cc1cc(F)cc(NC(=O)c2ccc(C(N)=S)cc2)c1. The third-order valence-electron chi connectivity index (χ3n) is 2.73. The first-order chi connectivity index (χ1) is 9.45. The van der Waals surface area contributed by atoms with Gasteiger partial charge in [0.25, 0.3) is 5.91 Å². The van der Waals surface area contributed by atoms with E-state index < -0.39 is 0 Å². The highest BCUT2D eigenvalue weighted by Gasteiger charge is 2.07. The van der Waals surface area contributed by atoms with Crippen molar-refractivity contribution in [3.8, 4) is 0 Å². The summed E-state index contributed by atoms with van der Waals surface area (Å²) < 4.78 is 13.2. The summed E-state index contributed by atoms with van der Waals surface area (Å²) >= 11 is 4.84. The number of hydrogen-bond donors (Lipinski definition) is 2. The van der Waals surface area contributed by atoms with E-state index in [1.54, 1.807) is 37.3 Å². The monoisotopic (exact) mass is 288 g/mol. The van der Waals surface area contributed by atoms with Crippen LogP contribution in [0.4, 0.5) is 10.1 Å². The lowest BCUT2D eigenvalue weighted by Gasteiger charge is -2.07. The fourth-order valence-corrected chi connectivity index (χ4v) is 1.93. The number of thiocarbonyl (C=S) groups is 1. The van der Waals surface area contributed by atoms with E-state index >= 15 is 0 Å². The zero-order chi connectivity index (χ0) is 14.7. The van der Waals surface area contributed by atoms with Crippen LogP contribution in [0.15, 0.2) is 42.5 Å². The average Bonchev–Trinajstić information content (AvgIpc) is 2.37. The van der Waals surface area contributed by atoms with Crippen molar-refractivity contribution in [2.75, 3.05) is 5.32 Å². The molecule has 2 rings (SSSR count). The number of hydrogen-bond acceptors (Lipinski definition) is 2. The first-order valence-electron chi connectivity index (χ1n) is 5.94. The van der Waals surface area contributed by atoms with E-state index in [1.165, 1.54) is 12.1 Å². The molecule has 0 unspecified atom stereocenters. The summed E-state index contributed by atoms with van der Waals surface area (Å²) in [5, 5.41) is 2.65. The molecule has 0 aromatic heterocycles. The topological polar surface area (TPSA) is 55.1 Å². The lowest BCUT2D eigenvalue weighted by molar-refractivity contribution is 0.102. The Bertz CT molecular complexity index is 648. The smallest absolute Gasteiger partial charge is 0.255 e. The van der Waals surface area contributed by atoms with Crippen LogP contribution in [-0.4, -0.2) is 10.9 Å². The molecular weight excluding hydrogens is 275 g/mol. The van der Waals surface area contributed by atoms with Crippen molar-refractivity contribution in [1.29, 1.82) is 0 Å². The molecule has 1 amide bonds. The van der Waals surface area contributed by atoms with Crippen molar-refractivity contribution >= 4 is 28.8 Å². The maximum Gasteiger partial charge on any atom is 0.255 e. The van der Waals surface area contributed by atoms with Crippen LogP contribution < -0.4 is 11.1 Å². The molecule has 3 N–H and O–H groups in total. The van der Waals surface area contributed by atoms with Crippen molar-refractivity contribution in [2.45, 2.75) is 6.92 Å². The largest absolute Gasteiger partial charge is 0.389 e. The fourth-order valence-electron chi connectivity index (χ4n) is 1.80. The van der Waals surface area contributed by atoms with Gasteiger partial charge in [-0.3, -0.25) is 4.79 Å². The molecule has 0 aliphatic carbocycles. The van der Waals surface area contributed by atoms with E-state index in [9.17, 15) is 9.18 Å². The zero-order valence-electron chi connectivity index (χ0n) is 10.8. The van der Waals surface area contributed by atoms with Gasteiger partial charge < -0.3 is 11.1 Å². The van der Waals surface area contributed by atoms with Gasteiger partial charge in [-0.25, -0.2) is 4.39 Å². The predicted molar refractivity (Wildman–Crippen MR) is 81.4 cm³/mol. The van der Waals surface area contributed by atoms with Gasteiger partial charge >= 0.3 is 0 Å². The van der Waals surface area contributed by atoms with Gasteiger partial charge in [0, 0.05) is 16.8 Å². The first-order valence-corrected chi connectivity index (χ1v) is 6.35. The first kappa shape index (κ1) is 14.1.